The molecule has 9 heavy (non-hydrogen) atoms. The van der Waals surface area contributed by atoms with Gasteiger partial charge in [0, 0.05) is 5.92 Å². The third kappa shape index (κ3) is 4.01. The highest BCUT2D eigenvalue weighted by molar-refractivity contribution is 5.79. The lowest BCUT2D eigenvalue weighted by molar-refractivity contribution is 0.518. The van der Waals surface area contributed by atoms with E-state index >= 15 is 0 Å². The van der Waals surface area contributed by atoms with Crippen molar-refractivity contribution >= 4 is 5.84 Å². The summed E-state index contributed by atoms with van der Waals surface area (Å²) in [5, 5.41) is 7.07. The van der Waals surface area contributed by atoms with Gasteiger partial charge in [0.25, 0.3) is 0 Å². The molecule has 0 spiro atoms. The molecule has 1 unspecified atom stereocenters. The molecular formula is C7H16N2. The second-order valence-electron chi connectivity index (χ2n) is 2.99. The molecule has 0 saturated heterocycles. The summed E-state index contributed by atoms with van der Waals surface area (Å²) in [6.07, 6.45) is 1.02. The van der Waals surface area contributed by atoms with Crippen LogP contribution >= 0.6 is 0 Å². The van der Waals surface area contributed by atoms with Crippen molar-refractivity contribution < 1.29 is 0 Å². The zero-order chi connectivity index (χ0) is 7.44. The van der Waals surface area contributed by atoms with Crippen molar-refractivity contribution in [2.45, 2.75) is 27.2 Å². The Balaban J connectivity index is 3.50. The number of nitrogens with two attached hydrogens (primary N) is 1. The number of nitrogens with one attached hydrogen (secondary N) is 1. The summed E-state index contributed by atoms with van der Waals surface area (Å²) in [6.45, 7) is 6.27. The van der Waals surface area contributed by atoms with E-state index in [4.69, 9.17) is 11.1 Å². The molecule has 0 amide bonds. The average Bonchev–Trinajstić information content (AvgIpc) is 1.63. The van der Waals surface area contributed by atoms with Crippen LogP contribution < -0.4 is 5.73 Å². The molecule has 0 aromatic carbocycles. The van der Waals surface area contributed by atoms with Gasteiger partial charge in [-0.25, -0.2) is 0 Å². The normalized spacial score (nSPS) is 13.8. The summed E-state index contributed by atoms with van der Waals surface area (Å²) in [5.41, 5.74) is 5.27. The van der Waals surface area contributed by atoms with Gasteiger partial charge in [-0.1, -0.05) is 20.8 Å². The van der Waals surface area contributed by atoms with E-state index in [1.54, 1.807) is 0 Å². The summed E-state index contributed by atoms with van der Waals surface area (Å²) in [7, 11) is 0. The van der Waals surface area contributed by atoms with E-state index in [1.807, 2.05) is 6.92 Å². The van der Waals surface area contributed by atoms with Crippen LogP contribution in [0.1, 0.15) is 27.2 Å². The molecule has 54 valence electrons. The number of hydrogen-bond donors (Lipinski definition) is 2. The van der Waals surface area contributed by atoms with Crippen LogP contribution in [0.15, 0.2) is 0 Å². The zero-order valence-electron chi connectivity index (χ0n) is 6.44. The molecule has 0 aliphatic carbocycles. The summed E-state index contributed by atoms with van der Waals surface area (Å²) in [4.78, 5) is 0. The summed E-state index contributed by atoms with van der Waals surface area (Å²) in [6, 6.07) is 0. The molecule has 2 nitrogen and oxygen atoms in total. The Morgan fingerprint density at radius 3 is 2.00 bits per heavy atom. The highest BCUT2D eigenvalue weighted by atomic mass is 14.7. The summed E-state index contributed by atoms with van der Waals surface area (Å²) < 4.78 is 0. The van der Waals surface area contributed by atoms with Crippen molar-refractivity contribution in [1.82, 2.24) is 0 Å². The van der Waals surface area contributed by atoms with Gasteiger partial charge in [0.1, 0.15) is 0 Å². The minimum Gasteiger partial charge on any atom is -0.387 e. The minimum atomic E-state index is 0.255. The van der Waals surface area contributed by atoms with Crippen LogP contribution in [-0.2, 0) is 0 Å². The Hall–Kier alpha value is -0.530. The molecule has 0 aliphatic rings. The zero-order valence-corrected chi connectivity index (χ0v) is 6.44. The first-order valence-electron chi connectivity index (χ1n) is 3.38. The maximum Gasteiger partial charge on any atom is 0.0934 e. The standard InChI is InChI=1S/C7H16N2/c1-5(2)4-6(3)7(8)9/h5-6H,4H2,1-3H3,(H3,8,9). The molecule has 0 radical (unpaired) electrons. The van der Waals surface area contributed by atoms with E-state index < -0.39 is 0 Å². The predicted molar refractivity (Wildman–Crippen MR) is 40.5 cm³/mol. The van der Waals surface area contributed by atoms with E-state index in [9.17, 15) is 0 Å². The molecule has 0 aromatic heterocycles. The summed E-state index contributed by atoms with van der Waals surface area (Å²) in [5.74, 6) is 1.21. The van der Waals surface area contributed by atoms with Crippen LogP contribution in [0.2, 0.25) is 0 Å². The number of rotatable bonds is 3. The molecule has 0 fully saturated rings. The van der Waals surface area contributed by atoms with Gasteiger partial charge in [0.05, 0.1) is 5.84 Å². The number of hydrogen-bond acceptors (Lipinski definition) is 1. The lowest BCUT2D eigenvalue weighted by Crippen LogP contribution is -2.20. The van der Waals surface area contributed by atoms with Crippen molar-refractivity contribution in [2.24, 2.45) is 17.6 Å². The molecule has 0 aromatic rings. The van der Waals surface area contributed by atoms with Crippen LogP contribution in [0.25, 0.3) is 0 Å². The van der Waals surface area contributed by atoms with Gasteiger partial charge in [0.15, 0.2) is 0 Å². The van der Waals surface area contributed by atoms with Crippen molar-refractivity contribution in [2.75, 3.05) is 0 Å². The van der Waals surface area contributed by atoms with Crippen LogP contribution in [0, 0.1) is 17.2 Å². The van der Waals surface area contributed by atoms with Gasteiger partial charge in [-0.2, -0.15) is 0 Å². The van der Waals surface area contributed by atoms with Gasteiger partial charge < -0.3 is 5.73 Å². The van der Waals surface area contributed by atoms with Gasteiger partial charge in [-0.15, -0.1) is 0 Å². The quantitative estimate of drug-likeness (QED) is 0.440. The van der Waals surface area contributed by atoms with E-state index in [1.165, 1.54) is 0 Å². The monoisotopic (exact) mass is 128 g/mol. The fraction of sp³-hybridized carbons (Fsp3) is 0.857. The lowest BCUT2D eigenvalue weighted by Gasteiger charge is -2.10. The fourth-order valence-corrected chi connectivity index (χ4v) is 0.834. The molecule has 0 heterocycles. The molecule has 1 atom stereocenters. The second kappa shape index (κ2) is 3.49. The third-order valence-electron chi connectivity index (χ3n) is 1.36. The van der Waals surface area contributed by atoms with Crippen molar-refractivity contribution in [3.8, 4) is 0 Å². The van der Waals surface area contributed by atoms with E-state index in [-0.39, 0.29) is 5.92 Å². The van der Waals surface area contributed by atoms with E-state index in [2.05, 4.69) is 13.8 Å². The van der Waals surface area contributed by atoms with Crippen LogP contribution in [-0.4, -0.2) is 5.84 Å². The topological polar surface area (TPSA) is 49.9 Å². The first-order valence-corrected chi connectivity index (χ1v) is 3.38. The first kappa shape index (κ1) is 8.47. The minimum absolute atomic E-state index is 0.255. The van der Waals surface area contributed by atoms with Crippen LogP contribution in [0.3, 0.4) is 0 Å². The van der Waals surface area contributed by atoms with Crippen LogP contribution in [0.5, 0.6) is 0 Å². The lowest BCUT2D eigenvalue weighted by atomic mass is 9.98. The summed E-state index contributed by atoms with van der Waals surface area (Å²) >= 11 is 0. The van der Waals surface area contributed by atoms with Gasteiger partial charge in [-0.3, -0.25) is 5.41 Å². The number of amidine groups is 1. The Labute approximate surface area is 57.0 Å². The molecule has 0 saturated carbocycles. The molecule has 0 aliphatic heterocycles. The Morgan fingerprint density at radius 1 is 1.44 bits per heavy atom. The molecule has 3 N–H and O–H groups in total. The first-order chi connectivity index (χ1) is 4.04. The fourth-order valence-electron chi connectivity index (χ4n) is 0.834. The highest BCUT2D eigenvalue weighted by Crippen LogP contribution is 2.09. The SMILES string of the molecule is CC(C)CC(C)C(=N)N. The Kier molecular flexibility index (Phi) is 3.28. The Bertz CT molecular complexity index is 97.1. The van der Waals surface area contributed by atoms with Gasteiger partial charge in [0.2, 0.25) is 0 Å². The van der Waals surface area contributed by atoms with Crippen molar-refractivity contribution in [3.05, 3.63) is 0 Å². The Morgan fingerprint density at radius 2 is 1.89 bits per heavy atom. The maximum absolute atomic E-state index is 7.07. The molecular weight excluding hydrogens is 112 g/mol. The maximum atomic E-state index is 7.07. The van der Waals surface area contributed by atoms with Gasteiger partial charge in [-0.05, 0) is 12.3 Å². The third-order valence-corrected chi connectivity index (χ3v) is 1.36. The van der Waals surface area contributed by atoms with Crippen molar-refractivity contribution in [1.29, 1.82) is 5.41 Å². The second-order valence-corrected chi connectivity index (χ2v) is 2.99. The van der Waals surface area contributed by atoms with E-state index in [0.717, 1.165) is 6.42 Å². The van der Waals surface area contributed by atoms with E-state index in [0.29, 0.717) is 11.8 Å². The van der Waals surface area contributed by atoms with Gasteiger partial charge >= 0.3 is 0 Å². The molecule has 0 rings (SSSR count). The smallest absolute Gasteiger partial charge is 0.0934 e. The predicted octanol–water partition coefficient (Wildman–Crippen LogP) is 1.60. The largest absolute Gasteiger partial charge is 0.387 e. The molecule has 0 bridgehead atoms. The van der Waals surface area contributed by atoms with Crippen molar-refractivity contribution in [3.63, 3.8) is 0 Å². The highest BCUT2D eigenvalue weighted by Gasteiger charge is 2.06. The average molecular weight is 128 g/mol. The van der Waals surface area contributed by atoms with Crippen LogP contribution in [0.4, 0.5) is 0 Å². The molecule has 2 heteroatoms.